The lowest BCUT2D eigenvalue weighted by Gasteiger charge is -2.30. The van der Waals surface area contributed by atoms with E-state index in [9.17, 15) is 13.2 Å². The molecule has 1 aliphatic heterocycles. The van der Waals surface area contributed by atoms with Crippen molar-refractivity contribution in [1.82, 2.24) is 10.3 Å². The SMILES string of the molecule is CC(C)(C)NC(=O)c1cnc2c(c1)N(S(=O)(=O)c1ccc(C(C)(C)C)cc1)CCO2. The normalized spacial score (nSPS) is 14.7. The second-order valence-corrected chi connectivity index (χ2v) is 11.3. The summed E-state index contributed by atoms with van der Waals surface area (Å²) < 4.78 is 33.5. The predicted molar refractivity (Wildman–Crippen MR) is 117 cm³/mol. The number of rotatable bonds is 3. The van der Waals surface area contributed by atoms with E-state index in [4.69, 9.17) is 4.74 Å². The number of benzene rings is 1. The third-order valence-electron chi connectivity index (χ3n) is 4.69. The fourth-order valence-corrected chi connectivity index (χ4v) is 4.56. The average molecular weight is 432 g/mol. The number of aromatic nitrogens is 1. The van der Waals surface area contributed by atoms with E-state index in [1.807, 2.05) is 32.9 Å². The third kappa shape index (κ3) is 4.59. The van der Waals surface area contributed by atoms with Crippen LogP contribution in [0.25, 0.3) is 0 Å². The first-order valence-electron chi connectivity index (χ1n) is 9.88. The van der Waals surface area contributed by atoms with Crippen LogP contribution in [0.15, 0.2) is 41.4 Å². The molecule has 0 fully saturated rings. The average Bonchev–Trinajstić information content (AvgIpc) is 2.65. The minimum atomic E-state index is -3.83. The van der Waals surface area contributed by atoms with Gasteiger partial charge < -0.3 is 10.1 Å². The van der Waals surface area contributed by atoms with Gasteiger partial charge in [-0.1, -0.05) is 32.9 Å². The zero-order valence-corrected chi connectivity index (χ0v) is 19.1. The number of hydrogen-bond donors (Lipinski definition) is 1. The van der Waals surface area contributed by atoms with Gasteiger partial charge in [-0.15, -0.1) is 0 Å². The molecule has 0 aliphatic carbocycles. The van der Waals surface area contributed by atoms with Gasteiger partial charge in [-0.05, 0) is 49.9 Å². The number of fused-ring (bicyclic) bond motifs is 1. The highest BCUT2D eigenvalue weighted by Crippen LogP contribution is 2.35. The first-order valence-corrected chi connectivity index (χ1v) is 11.3. The van der Waals surface area contributed by atoms with Crippen LogP contribution >= 0.6 is 0 Å². The highest BCUT2D eigenvalue weighted by atomic mass is 32.2. The molecule has 30 heavy (non-hydrogen) atoms. The summed E-state index contributed by atoms with van der Waals surface area (Å²) in [4.78, 5) is 16.9. The van der Waals surface area contributed by atoms with Crippen molar-refractivity contribution in [2.75, 3.05) is 17.5 Å². The lowest BCUT2D eigenvalue weighted by atomic mass is 9.87. The Labute approximate surface area is 178 Å². The fourth-order valence-electron chi connectivity index (χ4n) is 3.12. The molecule has 0 spiro atoms. The van der Waals surface area contributed by atoms with Gasteiger partial charge >= 0.3 is 0 Å². The number of carbonyl (C=O) groups excluding carboxylic acids is 1. The lowest BCUT2D eigenvalue weighted by Crippen LogP contribution is -2.41. The van der Waals surface area contributed by atoms with Crippen molar-refractivity contribution in [3.63, 3.8) is 0 Å². The van der Waals surface area contributed by atoms with Crippen LogP contribution in [0.2, 0.25) is 0 Å². The van der Waals surface area contributed by atoms with Gasteiger partial charge in [-0.3, -0.25) is 9.10 Å². The molecule has 1 aliphatic rings. The second kappa shape index (κ2) is 7.58. The molecule has 0 bridgehead atoms. The second-order valence-electron chi connectivity index (χ2n) is 9.45. The minimum Gasteiger partial charge on any atom is -0.474 e. The van der Waals surface area contributed by atoms with Crippen molar-refractivity contribution in [1.29, 1.82) is 0 Å². The predicted octanol–water partition coefficient (Wildman–Crippen LogP) is 3.50. The van der Waals surface area contributed by atoms with Crippen molar-refractivity contribution in [3.05, 3.63) is 47.7 Å². The molecule has 7 nitrogen and oxygen atoms in total. The van der Waals surface area contributed by atoms with E-state index in [-0.39, 0.29) is 46.5 Å². The minimum absolute atomic E-state index is 0.0763. The van der Waals surface area contributed by atoms with Gasteiger partial charge in [0.15, 0.2) is 0 Å². The number of sulfonamides is 1. The molecule has 1 amide bonds. The van der Waals surface area contributed by atoms with Crippen molar-refractivity contribution in [2.24, 2.45) is 0 Å². The van der Waals surface area contributed by atoms with Gasteiger partial charge in [0.05, 0.1) is 17.0 Å². The van der Waals surface area contributed by atoms with Gasteiger partial charge in [0.1, 0.15) is 12.3 Å². The van der Waals surface area contributed by atoms with Crippen LogP contribution in [-0.4, -0.2) is 38.0 Å². The summed E-state index contributed by atoms with van der Waals surface area (Å²) in [6.45, 7) is 12.2. The summed E-state index contributed by atoms with van der Waals surface area (Å²) >= 11 is 0. The van der Waals surface area contributed by atoms with Crippen LogP contribution in [0.4, 0.5) is 5.69 Å². The van der Waals surface area contributed by atoms with Crippen LogP contribution in [0.3, 0.4) is 0 Å². The Morgan fingerprint density at radius 2 is 1.73 bits per heavy atom. The molecule has 2 heterocycles. The molecule has 1 aromatic carbocycles. The summed E-state index contributed by atoms with van der Waals surface area (Å²) in [5.41, 5.74) is 1.09. The van der Waals surface area contributed by atoms with E-state index in [1.54, 1.807) is 12.1 Å². The van der Waals surface area contributed by atoms with E-state index < -0.39 is 15.6 Å². The summed E-state index contributed by atoms with van der Waals surface area (Å²) in [6.07, 6.45) is 1.40. The van der Waals surface area contributed by atoms with Gasteiger partial charge in [-0.25, -0.2) is 13.4 Å². The van der Waals surface area contributed by atoms with Crippen molar-refractivity contribution < 1.29 is 17.9 Å². The number of nitrogens with zero attached hydrogens (tertiary/aromatic N) is 2. The number of ether oxygens (including phenoxy) is 1. The van der Waals surface area contributed by atoms with E-state index >= 15 is 0 Å². The van der Waals surface area contributed by atoms with Crippen LogP contribution in [0, 0.1) is 0 Å². The molecule has 1 N–H and O–H groups in total. The number of hydrogen-bond acceptors (Lipinski definition) is 5. The molecule has 0 saturated carbocycles. The Bertz CT molecular complexity index is 1050. The number of nitrogens with one attached hydrogen (secondary N) is 1. The van der Waals surface area contributed by atoms with Crippen molar-refractivity contribution >= 4 is 21.6 Å². The Morgan fingerprint density at radius 1 is 1.10 bits per heavy atom. The topological polar surface area (TPSA) is 88.6 Å². The van der Waals surface area contributed by atoms with E-state index in [0.29, 0.717) is 0 Å². The zero-order valence-electron chi connectivity index (χ0n) is 18.3. The van der Waals surface area contributed by atoms with Crippen LogP contribution in [-0.2, 0) is 15.4 Å². The molecular weight excluding hydrogens is 402 g/mol. The van der Waals surface area contributed by atoms with Crippen LogP contribution in [0.5, 0.6) is 5.88 Å². The fraction of sp³-hybridized carbons (Fsp3) is 0.455. The Morgan fingerprint density at radius 3 is 2.30 bits per heavy atom. The van der Waals surface area contributed by atoms with Crippen molar-refractivity contribution in [3.8, 4) is 5.88 Å². The maximum atomic E-state index is 13.4. The number of anilines is 1. The molecule has 0 saturated heterocycles. The molecule has 3 rings (SSSR count). The molecule has 8 heteroatoms. The van der Waals surface area contributed by atoms with Gasteiger partial charge in [-0.2, -0.15) is 0 Å². The first-order chi connectivity index (χ1) is 13.8. The zero-order chi connectivity index (χ0) is 22.3. The number of pyridine rings is 1. The van der Waals surface area contributed by atoms with Crippen LogP contribution in [0.1, 0.15) is 57.5 Å². The molecule has 0 atom stereocenters. The van der Waals surface area contributed by atoms with E-state index in [1.165, 1.54) is 16.6 Å². The Balaban J connectivity index is 1.98. The Hall–Kier alpha value is -2.61. The smallest absolute Gasteiger partial charge is 0.264 e. The largest absolute Gasteiger partial charge is 0.474 e. The monoisotopic (exact) mass is 431 g/mol. The van der Waals surface area contributed by atoms with E-state index in [0.717, 1.165) is 5.56 Å². The van der Waals surface area contributed by atoms with Crippen LogP contribution < -0.4 is 14.4 Å². The molecular formula is C22H29N3O4S. The number of amides is 1. The highest BCUT2D eigenvalue weighted by molar-refractivity contribution is 7.92. The molecule has 162 valence electrons. The summed E-state index contributed by atoms with van der Waals surface area (Å²) in [6, 6.07) is 8.42. The maximum Gasteiger partial charge on any atom is 0.264 e. The van der Waals surface area contributed by atoms with Crippen molar-refractivity contribution in [2.45, 2.75) is 57.4 Å². The van der Waals surface area contributed by atoms with Gasteiger partial charge in [0, 0.05) is 11.7 Å². The van der Waals surface area contributed by atoms with Gasteiger partial charge in [0.2, 0.25) is 5.88 Å². The lowest BCUT2D eigenvalue weighted by molar-refractivity contribution is 0.0919. The number of carbonyl (C=O) groups is 1. The van der Waals surface area contributed by atoms with Gasteiger partial charge in [0.25, 0.3) is 15.9 Å². The summed E-state index contributed by atoms with van der Waals surface area (Å²) in [5.74, 6) is -0.126. The molecule has 0 unspecified atom stereocenters. The van der Waals surface area contributed by atoms with E-state index in [2.05, 4.69) is 31.1 Å². The summed E-state index contributed by atoms with van der Waals surface area (Å²) in [7, 11) is -3.83. The molecule has 2 aromatic rings. The summed E-state index contributed by atoms with van der Waals surface area (Å²) in [5, 5.41) is 2.86. The standard InChI is InChI=1S/C22H29N3O4S/c1-21(2,3)16-7-9-17(10-8-16)30(27,28)25-11-12-29-20-18(25)13-15(14-23-20)19(26)24-22(4,5)6/h7-10,13-14H,11-12H2,1-6H3,(H,24,26). The first kappa shape index (κ1) is 22.1. The quantitative estimate of drug-likeness (QED) is 0.804. The Kier molecular flexibility index (Phi) is 5.58. The third-order valence-corrected chi connectivity index (χ3v) is 6.52. The molecule has 0 radical (unpaired) electrons. The highest BCUT2D eigenvalue weighted by Gasteiger charge is 2.32. The molecule has 1 aromatic heterocycles. The maximum absolute atomic E-state index is 13.4.